The molecular formula is C11H15F2NO2. The van der Waals surface area contributed by atoms with Gasteiger partial charge in [0.1, 0.15) is 6.61 Å². The van der Waals surface area contributed by atoms with Gasteiger partial charge in [0.2, 0.25) is 0 Å². The van der Waals surface area contributed by atoms with Crippen molar-refractivity contribution in [3.8, 4) is 0 Å². The first kappa shape index (κ1) is 13.0. The van der Waals surface area contributed by atoms with Gasteiger partial charge in [-0.05, 0) is 18.6 Å². The van der Waals surface area contributed by atoms with E-state index in [0.717, 1.165) is 5.56 Å². The average molecular weight is 231 g/mol. The molecule has 0 fully saturated rings. The Kier molecular flexibility index (Phi) is 5.28. The van der Waals surface area contributed by atoms with E-state index in [2.05, 4.69) is 4.98 Å². The number of hydrogen-bond donors (Lipinski definition) is 1. The van der Waals surface area contributed by atoms with Crippen molar-refractivity contribution in [2.24, 2.45) is 0 Å². The first-order chi connectivity index (χ1) is 7.61. The SMILES string of the molecule is Cc1ccncc1C(O)CCOCC(F)F. The molecule has 5 heteroatoms. The molecule has 1 unspecified atom stereocenters. The van der Waals surface area contributed by atoms with Gasteiger partial charge in [-0.15, -0.1) is 0 Å². The molecule has 0 saturated heterocycles. The number of hydrogen-bond acceptors (Lipinski definition) is 3. The molecule has 1 rings (SSSR count). The highest BCUT2D eigenvalue weighted by Gasteiger charge is 2.10. The Balaban J connectivity index is 2.35. The van der Waals surface area contributed by atoms with Gasteiger partial charge < -0.3 is 9.84 Å². The molecule has 90 valence electrons. The van der Waals surface area contributed by atoms with Crippen LogP contribution < -0.4 is 0 Å². The van der Waals surface area contributed by atoms with E-state index >= 15 is 0 Å². The fourth-order valence-corrected chi connectivity index (χ4v) is 1.35. The Hall–Kier alpha value is -1.07. The summed E-state index contributed by atoms with van der Waals surface area (Å²) in [6.07, 6.45) is 0.328. The van der Waals surface area contributed by atoms with E-state index in [1.807, 2.05) is 6.92 Å². The van der Waals surface area contributed by atoms with Crippen LogP contribution in [0, 0.1) is 6.92 Å². The monoisotopic (exact) mass is 231 g/mol. The summed E-state index contributed by atoms with van der Waals surface area (Å²) < 4.78 is 28.2. The highest BCUT2D eigenvalue weighted by atomic mass is 19.3. The van der Waals surface area contributed by atoms with Crippen molar-refractivity contribution >= 4 is 0 Å². The van der Waals surface area contributed by atoms with Gasteiger partial charge in [0.25, 0.3) is 6.43 Å². The summed E-state index contributed by atoms with van der Waals surface area (Å²) in [4.78, 5) is 3.90. The molecular weight excluding hydrogens is 216 g/mol. The predicted octanol–water partition coefficient (Wildman–Crippen LogP) is 2.10. The first-order valence-corrected chi connectivity index (χ1v) is 5.05. The molecule has 0 bridgehead atoms. The maximum Gasteiger partial charge on any atom is 0.261 e. The third-order valence-electron chi connectivity index (χ3n) is 2.22. The second-order valence-corrected chi connectivity index (χ2v) is 3.50. The quantitative estimate of drug-likeness (QED) is 0.762. The van der Waals surface area contributed by atoms with Crippen LogP contribution in [0.3, 0.4) is 0 Å². The smallest absolute Gasteiger partial charge is 0.261 e. The number of pyridine rings is 1. The molecule has 0 saturated carbocycles. The summed E-state index contributed by atoms with van der Waals surface area (Å²) in [5.41, 5.74) is 1.64. The predicted molar refractivity (Wildman–Crippen MR) is 55.4 cm³/mol. The lowest BCUT2D eigenvalue weighted by molar-refractivity contribution is 0.00472. The minimum absolute atomic E-state index is 0.111. The molecule has 0 aliphatic heterocycles. The van der Waals surface area contributed by atoms with Gasteiger partial charge in [-0.2, -0.15) is 0 Å². The number of nitrogens with zero attached hydrogens (tertiary/aromatic N) is 1. The summed E-state index contributed by atoms with van der Waals surface area (Å²) in [6.45, 7) is 1.39. The standard InChI is InChI=1S/C11H15F2NO2/c1-8-2-4-14-6-9(8)10(15)3-5-16-7-11(12)13/h2,4,6,10-11,15H,3,5,7H2,1H3. The molecule has 0 radical (unpaired) electrons. The van der Waals surface area contributed by atoms with Gasteiger partial charge in [-0.1, -0.05) is 0 Å². The lowest BCUT2D eigenvalue weighted by atomic mass is 10.0. The number of alkyl halides is 2. The Morgan fingerprint density at radius 1 is 1.50 bits per heavy atom. The Morgan fingerprint density at radius 3 is 2.88 bits per heavy atom. The number of rotatable bonds is 6. The van der Waals surface area contributed by atoms with Crippen LogP contribution in [0.1, 0.15) is 23.7 Å². The van der Waals surface area contributed by atoms with Gasteiger partial charge in [-0.25, -0.2) is 8.78 Å². The van der Waals surface area contributed by atoms with Crippen molar-refractivity contribution in [2.75, 3.05) is 13.2 Å². The second kappa shape index (κ2) is 6.50. The van der Waals surface area contributed by atoms with Gasteiger partial charge in [0, 0.05) is 31.0 Å². The summed E-state index contributed by atoms with van der Waals surface area (Å²) in [5, 5.41) is 9.76. The van der Waals surface area contributed by atoms with Crippen LogP contribution >= 0.6 is 0 Å². The normalized spacial score (nSPS) is 13.1. The molecule has 0 aliphatic carbocycles. The Labute approximate surface area is 93.1 Å². The van der Waals surface area contributed by atoms with E-state index < -0.39 is 19.1 Å². The number of aliphatic hydroxyl groups is 1. The molecule has 1 atom stereocenters. The van der Waals surface area contributed by atoms with Gasteiger partial charge in [0.05, 0.1) is 6.10 Å². The summed E-state index contributed by atoms with van der Waals surface area (Å²) in [7, 11) is 0. The van der Waals surface area contributed by atoms with Crippen LogP contribution in [0.5, 0.6) is 0 Å². The Morgan fingerprint density at radius 2 is 2.25 bits per heavy atom. The van der Waals surface area contributed by atoms with Crippen molar-refractivity contribution < 1.29 is 18.6 Å². The second-order valence-electron chi connectivity index (χ2n) is 3.50. The minimum atomic E-state index is -2.46. The first-order valence-electron chi connectivity index (χ1n) is 5.05. The zero-order valence-corrected chi connectivity index (χ0v) is 9.07. The van der Waals surface area contributed by atoms with Crippen LogP contribution in [0.15, 0.2) is 18.5 Å². The van der Waals surface area contributed by atoms with Gasteiger partial charge in [0.15, 0.2) is 0 Å². The summed E-state index contributed by atoms with van der Waals surface area (Å²) >= 11 is 0. The molecule has 1 heterocycles. The van der Waals surface area contributed by atoms with Gasteiger partial charge >= 0.3 is 0 Å². The summed E-state index contributed by atoms with van der Waals surface area (Å²) in [5.74, 6) is 0. The molecule has 16 heavy (non-hydrogen) atoms. The van der Waals surface area contributed by atoms with Crippen LogP contribution in [0.2, 0.25) is 0 Å². The maximum absolute atomic E-state index is 11.7. The number of aliphatic hydroxyl groups excluding tert-OH is 1. The molecule has 0 spiro atoms. The number of aromatic nitrogens is 1. The van der Waals surface area contributed by atoms with Gasteiger partial charge in [-0.3, -0.25) is 4.98 Å². The third-order valence-corrected chi connectivity index (χ3v) is 2.22. The van der Waals surface area contributed by atoms with Crippen molar-refractivity contribution in [1.82, 2.24) is 4.98 Å². The Bertz CT molecular complexity index is 321. The lowest BCUT2D eigenvalue weighted by Crippen LogP contribution is -2.09. The molecule has 1 aromatic rings. The van der Waals surface area contributed by atoms with E-state index in [9.17, 15) is 13.9 Å². The zero-order valence-electron chi connectivity index (χ0n) is 9.07. The van der Waals surface area contributed by atoms with E-state index in [1.54, 1.807) is 18.5 Å². The fraction of sp³-hybridized carbons (Fsp3) is 0.545. The molecule has 1 aromatic heterocycles. The molecule has 0 aromatic carbocycles. The molecule has 3 nitrogen and oxygen atoms in total. The highest BCUT2D eigenvalue weighted by Crippen LogP contribution is 2.19. The van der Waals surface area contributed by atoms with Crippen LogP contribution in [0.25, 0.3) is 0 Å². The molecule has 0 aliphatic rings. The maximum atomic E-state index is 11.7. The van der Waals surface area contributed by atoms with E-state index in [-0.39, 0.29) is 6.61 Å². The number of halogens is 2. The summed E-state index contributed by atoms with van der Waals surface area (Å²) in [6, 6.07) is 1.79. The highest BCUT2D eigenvalue weighted by molar-refractivity contribution is 5.23. The van der Waals surface area contributed by atoms with E-state index in [4.69, 9.17) is 4.74 Å². The largest absolute Gasteiger partial charge is 0.388 e. The van der Waals surface area contributed by atoms with E-state index in [1.165, 1.54) is 0 Å². The molecule has 0 amide bonds. The van der Waals surface area contributed by atoms with Crippen molar-refractivity contribution in [3.63, 3.8) is 0 Å². The van der Waals surface area contributed by atoms with Crippen LogP contribution in [-0.4, -0.2) is 29.7 Å². The van der Waals surface area contributed by atoms with Crippen LogP contribution in [0.4, 0.5) is 8.78 Å². The zero-order chi connectivity index (χ0) is 12.0. The van der Waals surface area contributed by atoms with Crippen LogP contribution in [-0.2, 0) is 4.74 Å². The number of aryl methyl sites for hydroxylation is 1. The topological polar surface area (TPSA) is 42.4 Å². The molecule has 1 N–H and O–H groups in total. The van der Waals surface area contributed by atoms with Crippen molar-refractivity contribution in [1.29, 1.82) is 0 Å². The van der Waals surface area contributed by atoms with Crippen molar-refractivity contribution in [2.45, 2.75) is 25.9 Å². The average Bonchev–Trinajstić information content (AvgIpc) is 2.24. The third kappa shape index (κ3) is 4.20. The van der Waals surface area contributed by atoms with E-state index in [0.29, 0.717) is 12.0 Å². The minimum Gasteiger partial charge on any atom is -0.388 e. The van der Waals surface area contributed by atoms with Crippen molar-refractivity contribution in [3.05, 3.63) is 29.6 Å². The lowest BCUT2D eigenvalue weighted by Gasteiger charge is -2.12. The fourth-order valence-electron chi connectivity index (χ4n) is 1.35. The number of ether oxygens (including phenoxy) is 1.